The van der Waals surface area contributed by atoms with Gasteiger partial charge in [-0.25, -0.2) is 0 Å². The molecule has 6 rings (SSSR count). The second-order valence-corrected chi connectivity index (χ2v) is 17.0. The van der Waals surface area contributed by atoms with Crippen molar-refractivity contribution in [3.05, 3.63) is 0 Å². The fraction of sp³-hybridized carbons (Fsp3) is 0.971. The van der Waals surface area contributed by atoms with Crippen LogP contribution in [-0.2, 0) is 14.3 Å². The first-order chi connectivity index (χ1) is 18.3. The highest BCUT2D eigenvalue weighted by molar-refractivity contribution is 5.71. The number of fused-ring (bicyclic) bond motifs is 5. The molecule has 2 bridgehead atoms. The van der Waals surface area contributed by atoms with Gasteiger partial charge in [-0.3, -0.25) is 4.79 Å². The lowest BCUT2D eigenvalue weighted by molar-refractivity contribution is -0.254. The molecule has 6 fully saturated rings. The summed E-state index contributed by atoms with van der Waals surface area (Å²) in [6.45, 7) is 19.5. The van der Waals surface area contributed by atoms with Gasteiger partial charge in [-0.05, 0) is 115 Å². The summed E-state index contributed by atoms with van der Waals surface area (Å²) in [6, 6.07) is 0. The fourth-order valence-corrected chi connectivity index (χ4v) is 12.6. The van der Waals surface area contributed by atoms with E-state index in [2.05, 4.69) is 53.8 Å². The highest BCUT2D eigenvalue weighted by Crippen LogP contribution is 2.78. The molecule has 0 aromatic carbocycles. The third-order valence-electron chi connectivity index (χ3n) is 14.9. The zero-order chi connectivity index (χ0) is 28.1. The van der Waals surface area contributed by atoms with E-state index in [0.717, 1.165) is 37.2 Å². The summed E-state index contributed by atoms with van der Waals surface area (Å²) in [7, 11) is 0. The van der Waals surface area contributed by atoms with E-state index in [1.165, 1.54) is 51.4 Å². The van der Waals surface area contributed by atoms with Crippen molar-refractivity contribution in [3.8, 4) is 0 Å². The Kier molecular flexibility index (Phi) is 6.70. The summed E-state index contributed by atoms with van der Waals surface area (Å²) in [4.78, 5) is 12.6. The molecule has 5 saturated carbocycles. The molecule has 6 aliphatic rings. The van der Waals surface area contributed by atoms with Gasteiger partial charge in [0, 0.05) is 12.0 Å². The molecule has 5 nitrogen and oxygen atoms in total. The number of ether oxygens (including phenoxy) is 2. The Labute approximate surface area is 237 Å². The number of carbonyl (C=O) groups is 1. The van der Waals surface area contributed by atoms with E-state index in [1.54, 1.807) is 0 Å². The molecule has 1 heterocycles. The number of aliphatic hydroxyl groups excluding tert-OH is 1. The maximum Gasteiger partial charge on any atom is 0.320 e. The maximum absolute atomic E-state index is 12.6. The first kappa shape index (κ1) is 28.5. The van der Waals surface area contributed by atoms with Crippen LogP contribution in [-0.4, -0.2) is 49.6 Å². The van der Waals surface area contributed by atoms with Gasteiger partial charge in [0.15, 0.2) is 0 Å². The topological polar surface area (TPSA) is 67.8 Å². The third-order valence-corrected chi connectivity index (χ3v) is 14.9. The highest BCUT2D eigenvalue weighted by atomic mass is 16.5. The molecule has 10 atom stereocenters. The third kappa shape index (κ3) is 3.83. The number of nitrogens with one attached hydrogen (secondary N) is 1. The molecule has 1 aliphatic heterocycles. The predicted octanol–water partition coefficient (Wildman–Crippen LogP) is 6.37. The van der Waals surface area contributed by atoms with Crippen LogP contribution < -0.4 is 5.32 Å². The van der Waals surface area contributed by atoms with E-state index in [9.17, 15) is 4.79 Å². The Morgan fingerprint density at radius 3 is 2.36 bits per heavy atom. The van der Waals surface area contributed by atoms with Gasteiger partial charge in [0.05, 0.1) is 25.9 Å². The number of aliphatic hydroxyl groups is 1. The first-order valence-corrected chi connectivity index (χ1v) is 16.4. The second kappa shape index (κ2) is 9.17. The van der Waals surface area contributed by atoms with E-state index in [0.29, 0.717) is 45.6 Å². The highest BCUT2D eigenvalue weighted by Gasteiger charge is 2.72. The van der Waals surface area contributed by atoms with Crippen LogP contribution in [0.15, 0.2) is 0 Å². The molecule has 4 unspecified atom stereocenters. The van der Waals surface area contributed by atoms with Crippen molar-refractivity contribution in [1.29, 1.82) is 0 Å². The zero-order valence-electron chi connectivity index (χ0n) is 26.0. The zero-order valence-corrected chi connectivity index (χ0v) is 26.0. The van der Waals surface area contributed by atoms with Crippen LogP contribution in [0.2, 0.25) is 0 Å². The monoisotopic (exact) mass is 543 g/mol. The van der Waals surface area contributed by atoms with E-state index in [1.807, 2.05) is 0 Å². The molecule has 5 aliphatic carbocycles. The number of hydrogen-bond donors (Lipinski definition) is 2. The molecule has 222 valence electrons. The van der Waals surface area contributed by atoms with Crippen molar-refractivity contribution in [3.63, 3.8) is 0 Å². The SMILES string of the molecule is CC1(C)CC[C@]23CC[C@]4(C)C(CCC5[C@@]6(C)CC[C@H](OC(=O)CNCCO)C(C)(C)C6CC[C@]54C)C2[C@H]1OC3. The largest absolute Gasteiger partial charge is 0.461 e. The Morgan fingerprint density at radius 2 is 1.62 bits per heavy atom. The average molecular weight is 544 g/mol. The summed E-state index contributed by atoms with van der Waals surface area (Å²) in [5, 5.41) is 12.0. The fourth-order valence-electron chi connectivity index (χ4n) is 12.6. The van der Waals surface area contributed by atoms with Crippen molar-refractivity contribution < 1.29 is 19.4 Å². The van der Waals surface area contributed by atoms with Gasteiger partial charge in [0.2, 0.25) is 0 Å². The lowest BCUT2D eigenvalue weighted by atomic mass is 9.31. The van der Waals surface area contributed by atoms with E-state index in [4.69, 9.17) is 14.6 Å². The first-order valence-electron chi connectivity index (χ1n) is 16.4. The minimum Gasteiger partial charge on any atom is -0.461 e. The van der Waals surface area contributed by atoms with Gasteiger partial charge < -0.3 is 19.9 Å². The lowest BCUT2D eigenvalue weighted by Gasteiger charge is -2.73. The van der Waals surface area contributed by atoms with E-state index < -0.39 is 0 Å². The van der Waals surface area contributed by atoms with Crippen molar-refractivity contribution in [2.45, 2.75) is 125 Å². The van der Waals surface area contributed by atoms with E-state index >= 15 is 0 Å². The number of hydrogen-bond acceptors (Lipinski definition) is 5. The van der Waals surface area contributed by atoms with Crippen LogP contribution in [0.3, 0.4) is 0 Å². The van der Waals surface area contributed by atoms with Gasteiger partial charge in [-0.2, -0.15) is 0 Å². The number of esters is 1. The average Bonchev–Trinajstić information content (AvgIpc) is 3.20. The number of carbonyl (C=O) groups excluding carboxylic acids is 1. The van der Waals surface area contributed by atoms with Gasteiger partial charge in [-0.1, -0.05) is 48.5 Å². The molecular formula is C34H57NO4. The molecule has 0 aromatic heterocycles. The summed E-state index contributed by atoms with van der Waals surface area (Å²) >= 11 is 0. The van der Waals surface area contributed by atoms with Gasteiger partial charge in [0.25, 0.3) is 0 Å². The van der Waals surface area contributed by atoms with Crippen molar-refractivity contribution >= 4 is 5.97 Å². The van der Waals surface area contributed by atoms with Crippen molar-refractivity contribution in [2.75, 3.05) is 26.3 Å². The predicted molar refractivity (Wildman–Crippen MR) is 154 cm³/mol. The Morgan fingerprint density at radius 1 is 0.872 bits per heavy atom. The summed E-state index contributed by atoms with van der Waals surface area (Å²) in [5.41, 5.74) is 1.75. The van der Waals surface area contributed by atoms with Gasteiger partial charge in [-0.15, -0.1) is 0 Å². The van der Waals surface area contributed by atoms with Crippen LogP contribution >= 0.6 is 0 Å². The standard InChI is InChI=1S/C34H57NO4/c1-29(2)14-16-34-17-15-32(6)22(27(34)28(29)38-21-34)8-9-24-31(5)12-11-25(39-26(37)20-35-18-19-36)30(3,4)23(31)10-13-33(24,32)7/h22-25,27-28,35-36H,8-21H2,1-7H3/t22?,23?,24?,25-,27?,28+,31-,32+,33+,34+/m0/s1. The minimum atomic E-state index is -0.179. The minimum absolute atomic E-state index is 0.0259. The number of rotatable bonds is 5. The molecule has 0 radical (unpaired) electrons. The molecular weight excluding hydrogens is 486 g/mol. The second-order valence-electron chi connectivity index (χ2n) is 17.0. The molecule has 1 saturated heterocycles. The van der Waals surface area contributed by atoms with Gasteiger partial charge >= 0.3 is 5.97 Å². The smallest absolute Gasteiger partial charge is 0.320 e. The van der Waals surface area contributed by atoms with Crippen LogP contribution in [0.25, 0.3) is 0 Å². The quantitative estimate of drug-likeness (QED) is 0.312. The normalized spacial score (nSPS) is 51.2. The molecule has 0 amide bonds. The van der Waals surface area contributed by atoms with Crippen LogP contribution in [0.1, 0.15) is 113 Å². The summed E-state index contributed by atoms with van der Waals surface area (Å²) in [5.74, 6) is 2.66. The van der Waals surface area contributed by atoms with Crippen molar-refractivity contribution in [2.24, 2.45) is 56.2 Å². The van der Waals surface area contributed by atoms with Crippen molar-refractivity contribution in [1.82, 2.24) is 5.32 Å². The van der Waals surface area contributed by atoms with E-state index in [-0.39, 0.29) is 30.6 Å². The molecule has 5 heteroatoms. The molecule has 39 heavy (non-hydrogen) atoms. The Bertz CT molecular complexity index is 978. The Balaban J connectivity index is 1.26. The Hall–Kier alpha value is -0.650. The maximum atomic E-state index is 12.6. The van der Waals surface area contributed by atoms with Crippen LogP contribution in [0, 0.1) is 56.2 Å². The van der Waals surface area contributed by atoms with Crippen LogP contribution in [0.4, 0.5) is 0 Å². The summed E-state index contributed by atoms with van der Waals surface area (Å²) < 4.78 is 12.9. The summed E-state index contributed by atoms with van der Waals surface area (Å²) in [6.07, 6.45) is 13.3. The molecule has 0 spiro atoms. The molecule has 0 aromatic rings. The molecule has 2 N–H and O–H groups in total. The van der Waals surface area contributed by atoms with Gasteiger partial charge in [0.1, 0.15) is 6.10 Å². The lowest BCUT2D eigenvalue weighted by Crippen LogP contribution is -2.68. The van der Waals surface area contributed by atoms with Crippen LogP contribution in [0.5, 0.6) is 0 Å².